The Bertz CT molecular complexity index is 1010. The van der Waals surface area contributed by atoms with E-state index in [1.165, 1.54) is 17.9 Å². The Hall–Kier alpha value is -3.07. The number of anilines is 3. The predicted octanol–water partition coefficient (Wildman–Crippen LogP) is 4.31. The molecule has 1 heterocycles. The van der Waals surface area contributed by atoms with Gasteiger partial charge in [0.2, 0.25) is 17.7 Å². The van der Waals surface area contributed by atoms with Crippen LogP contribution in [-0.4, -0.2) is 24.3 Å². The molecule has 2 N–H and O–H groups in total. The number of carbonyl (C=O) groups is 3. The van der Waals surface area contributed by atoms with Crippen molar-refractivity contribution in [3.05, 3.63) is 53.1 Å². The third kappa shape index (κ3) is 4.91. The SMILES string of the molecule is CC(=O)Nc1cccc(N2CC(C(=O)Nc3ccc(Cl)c(C(F)(F)F)c3)CC2=O)c1. The minimum absolute atomic E-state index is 0.0599. The summed E-state index contributed by atoms with van der Waals surface area (Å²) in [5.41, 5.74) is -0.106. The van der Waals surface area contributed by atoms with Crippen LogP contribution in [0, 0.1) is 5.92 Å². The number of nitrogens with zero attached hydrogens (tertiary/aromatic N) is 1. The van der Waals surface area contributed by atoms with Gasteiger partial charge in [-0.2, -0.15) is 13.2 Å². The highest BCUT2D eigenvalue weighted by Gasteiger charge is 2.36. The molecule has 158 valence electrons. The quantitative estimate of drug-likeness (QED) is 0.745. The number of alkyl halides is 3. The van der Waals surface area contributed by atoms with Crippen molar-refractivity contribution in [2.24, 2.45) is 5.92 Å². The Morgan fingerprint density at radius 1 is 1.10 bits per heavy atom. The van der Waals surface area contributed by atoms with E-state index in [9.17, 15) is 27.6 Å². The fourth-order valence-electron chi connectivity index (χ4n) is 3.15. The molecule has 1 unspecified atom stereocenters. The molecule has 0 spiro atoms. The van der Waals surface area contributed by atoms with Crippen molar-refractivity contribution < 1.29 is 27.6 Å². The van der Waals surface area contributed by atoms with Crippen LogP contribution in [0.5, 0.6) is 0 Å². The van der Waals surface area contributed by atoms with Gasteiger partial charge in [0.05, 0.1) is 16.5 Å². The maximum atomic E-state index is 13.0. The van der Waals surface area contributed by atoms with E-state index in [4.69, 9.17) is 11.6 Å². The molecule has 2 aromatic rings. The zero-order chi connectivity index (χ0) is 22.1. The van der Waals surface area contributed by atoms with E-state index in [2.05, 4.69) is 10.6 Å². The number of hydrogen-bond acceptors (Lipinski definition) is 3. The number of hydrogen-bond donors (Lipinski definition) is 2. The second kappa shape index (κ2) is 8.35. The molecular weight excluding hydrogens is 423 g/mol. The van der Waals surface area contributed by atoms with Gasteiger partial charge in [0, 0.05) is 37.0 Å². The third-order valence-corrected chi connectivity index (χ3v) is 4.84. The molecule has 1 saturated heterocycles. The lowest BCUT2D eigenvalue weighted by Gasteiger charge is -2.18. The molecule has 0 radical (unpaired) electrons. The van der Waals surface area contributed by atoms with Crippen molar-refractivity contribution in [1.29, 1.82) is 0 Å². The standard InChI is InChI=1S/C20H17ClF3N3O3/c1-11(28)25-13-3-2-4-15(8-13)27-10-12(7-18(27)29)19(30)26-14-5-6-17(21)16(9-14)20(22,23)24/h2-6,8-9,12H,7,10H2,1H3,(H,25,28)(H,26,30). The van der Waals surface area contributed by atoms with E-state index in [1.807, 2.05) is 0 Å². The van der Waals surface area contributed by atoms with Gasteiger partial charge < -0.3 is 15.5 Å². The smallest absolute Gasteiger partial charge is 0.326 e. The van der Waals surface area contributed by atoms with Crippen LogP contribution in [0.2, 0.25) is 5.02 Å². The van der Waals surface area contributed by atoms with Crippen LogP contribution in [0.15, 0.2) is 42.5 Å². The van der Waals surface area contributed by atoms with Crippen molar-refractivity contribution in [2.75, 3.05) is 22.1 Å². The number of halogens is 4. The second-order valence-electron chi connectivity index (χ2n) is 6.82. The van der Waals surface area contributed by atoms with Gasteiger partial charge in [0.1, 0.15) is 0 Å². The minimum atomic E-state index is -4.66. The number of amides is 3. The summed E-state index contributed by atoms with van der Waals surface area (Å²) >= 11 is 5.58. The molecule has 3 amide bonds. The molecule has 1 atom stereocenters. The van der Waals surface area contributed by atoms with Crippen LogP contribution in [0.1, 0.15) is 18.9 Å². The Labute approximate surface area is 175 Å². The summed E-state index contributed by atoms with van der Waals surface area (Å²) in [6, 6.07) is 9.67. The molecule has 10 heteroatoms. The Morgan fingerprint density at radius 3 is 2.47 bits per heavy atom. The van der Waals surface area contributed by atoms with Gasteiger partial charge in [-0.05, 0) is 36.4 Å². The molecule has 1 aliphatic heterocycles. The predicted molar refractivity (Wildman–Crippen MR) is 106 cm³/mol. The number of benzene rings is 2. The highest BCUT2D eigenvalue weighted by molar-refractivity contribution is 6.31. The minimum Gasteiger partial charge on any atom is -0.326 e. The maximum Gasteiger partial charge on any atom is 0.417 e. The molecule has 1 fully saturated rings. The van der Waals surface area contributed by atoms with Gasteiger partial charge in [-0.3, -0.25) is 14.4 Å². The van der Waals surface area contributed by atoms with Crippen LogP contribution in [0.25, 0.3) is 0 Å². The lowest BCUT2D eigenvalue weighted by atomic mass is 10.1. The second-order valence-corrected chi connectivity index (χ2v) is 7.23. The lowest BCUT2D eigenvalue weighted by molar-refractivity contribution is -0.137. The lowest BCUT2D eigenvalue weighted by Crippen LogP contribution is -2.28. The first-order valence-corrected chi connectivity index (χ1v) is 9.28. The Kier molecular flexibility index (Phi) is 6.02. The fourth-order valence-corrected chi connectivity index (χ4v) is 3.38. The molecule has 1 aliphatic rings. The van der Waals surface area contributed by atoms with Crippen LogP contribution in [0.3, 0.4) is 0 Å². The Morgan fingerprint density at radius 2 is 1.80 bits per heavy atom. The first-order valence-electron chi connectivity index (χ1n) is 8.90. The molecule has 2 aromatic carbocycles. The molecule has 0 saturated carbocycles. The third-order valence-electron chi connectivity index (χ3n) is 4.51. The molecular formula is C20H17ClF3N3O3. The van der Waals surface area contributed by atoms with E-state index >= 15 is 0 Å². The maximum absolute atomic E-state index is 13.0. The summed E-state index contributed by atoms with van der Waals surface area (Å²) in [5.74, 6) is -1.88. The van der Waals surface area contributed by atoms with E-state index in [1.54, 1.807) is 24.3 Å². The monoisotopic (exact) mass is 439 g/mol. The topological polar surface area (TPSA) is 78.5 Å². The molecule has 6 nitrogen and oxygen atoms in total. The van der Waals surface area contributed by atoms with Crippen molar-refractivity contribution >= 4 is 46.4 Å². The summed E-state index contributed by atoms with van der Waals surface area (Å²) in [6.45, 7) is 1.42. The number of nitrogens with one attached hydrogen (secondary N) is 2. The molecule has 0 aliphatic carbocycles. The summed E-state index contributed by atoms with van der Waals surface area (Å²) in [4.78, 5) is 37.5. The van der Waals surface area contributed by atoms with E-state index in [0.717, 1.165) is 12.1 Å². The van der Waals surface area contributed by atoms with Crippen molar-refractivity contribution in [1.82, 2.24) is 0 Å². The number of rotatable bonds is 4. The average molecular weight is 440 g/mol. The van der Waals surface area contributed by atoms with Gasteiger partial charge in [0.15, 0.2) is 0 Å². The van der Waals surface area contributed by atoms with Crippen LogP contribution < -0.4 is 15.5 Å². The summed E-state index contributed by atoms with van der Waals surface area (Å²) in [6.07, 6.45) is -4.74. The number of carbonyl (C=O) groups excluding carboxylic acids is 3. The molecule has 0 aromatic heterocycles. The van der Waals surface area contributed by atoms with Gasteiger partial charge in [-0.15, -0.1) is 0 Å². The van der Waals surface area contributed by atoms with E-state index < -0.39 is 28.6 Å². The molecule has 30 heavy (non-hydrogen) atoms. The van der Waals surface area contributed by atoms with Gasteiger partial charge in [-0.1, -0.05) is 17.7 Å². The van der Waals surface area contributed by atoms with Crippen molar-refractivity contribution in [3.63, 3.8) is 0 Å². The van der Waals surface area contributed by atoms with Gasteiger partial charge in [0.25, 0.3) is 0 Å². The van der Waals surface area contributed by atoms with Crippen LogP contribution in [0.4, 0.5) is 30.2 Å². The van der Waals surface area contributed by atoms with Gasteiger partial charge >= 0.3 is 6.18 Å². The van der Waals surface area contributed by atoms with E-state index in [-0.39, 0.29) is 30.5 Å². The first-order chi connectivity index (χ1) is 14.0. The summed E-state index contributed by atoms with van der Waals surface area (Å²) < 4.78 is 39.0. The zero-order valence-electron chi connectivity index (χ0n) is 15.7. The van der Waals surface area contributed by atoms with E-state index in [0.29, 0.717) is 11.4 Å². The zero-order valence-corrected chi connectivity index (χ0v) is 16.5. The molecule has 0 bridgehead atoms. The average Bonchev–Trinajstić information content (AvgIpc) is 3.04. The van der Waals surface area contributed by atoms with Crippen molar-refractivity contribution in [2.45, 2.75) is 19.5 Å². The van der Waals surface area contributed by atoms with Gasteiger partial charge in [-0.25, -0.2) is 0 Å². The van der Waals surface area contributed by atoms with Crippen LogP contribution in [-0.2, 0) is 20.6 Å². The molecule has 3 rings (SSSR count). The fraction of sp³-hybridized carbons (Fsp3) is 0.250. The summed E-state index contributed by atoms with van der Waals surface area (Å²) in [5, 5.41) is 4.56. The Balaban J connectivity index is 1.72. The van der Waals surface area contributed by atoms with Crippen LogP contribution >= 0.6 is 11.6 Å². The first kappa shape index (κ1) is 21.6. The highest BCUT2D eigenvalue weighted by atomic mass is 35.5. The van der Waals surface area contributed by atoms with Crippen molar-refractivity contribution in [3.8, 4) is 0 Å². The normalized spacial score (nSPS) is 16.5. The largest absolute Gasteiger partial charge is 0.417 e. The summed E-state index contributed by atoms with van der Waals surface area (Å²) in [7, 11) is 0. The highest BCUT2D eigenvalue weighted by Crippen LogP contribution is 2.36.